The van der Waals surface area contributed by atoms with Crippen LogP contribution in [0.3, 0.4) is 0 Å². The zero-order valence-electron chi connectivity index (χ0n) is 27.2. The maximum Gasteiger partial charge on any atom is 0.175 e. The van der Waals surface area contributed by atoms with Crippen LogP contribution in [0.5, 0.6) is 11.5 Å². The smallest absolute Gasteiger partial charge is 0.175 e. The van der Waals surface area contributed by atoms with Gasteiger partial charge in [-0.15, -0.1) is 0 Å². The summed E-state index contributed by atoms with van der Waals surface area (Å²) in [7, 11) is 0. The standard InChI is InChI=1S/C39H41BrFNO4/c1-6-45-33-17-26(16-27(40)37(33)46-23-25-14-10-11-15-28(25)41)34-35-29(18-38(2,3)20-31(35)43)42(22-24-12-8-7-9-13-24)30-19-39(4,5)21-32(44)36(30)34/h7-17,34H,6,18-23H2,1-5H3. The minimum absolute atomic E-state index is 0.0221. The molecule has 0 amide bonds. The van der Waals surface area contributed by atoms with E-state index in [0.29, 0.717) is 58.7 Å². The van der Waals surface area contributed by atoms with Crippen LogP contribution in [0.4, 0.5) is 4.39 Å². The van der Waals surface area contributed by atoms with Crippen LogP contribution in [0, 0.1) is 16.6 Å². The molecule has 1 aliphatic heterocycles. The van der Waals surface area contributed by atoms with Gasteiger partial charge in [0.25, 0.3) is 0 Å². The lowest BCUT2D eigenvalue weighted by atomic mass is 9.63. The van der Waals surface area contributed by atoms with Crippen molar-refractivity contribution in [1.29, 1.82) is 0 Å². The van der Waals surface area contributed by atoms with E-state index < -0.39 is 5.92 Å². The predicted molar refractivity (Wildman–Crippen MR) is 181 cm³/mol. The molecule has 0 spiro atoms. The maximum absolute atomic E-state index is 14.4. The van der Waals surface area contributed by atoms with Crippen LogP contribution in [0.25, 0.3) is 0 Å². The number of allylic oxidation sites excluding steroid dienone is 4. The van der Waals surface area contributed by atoms with Gasteiger partial charge in [0, 0.05) is 53.4 Å². The number of carbonyl (C=O) groups excluding carboxylic acids is 2. The second kappa shape index (κ2) is 12.5. The van der Waals surface area contributed by atoms with Crippen LogP contribution in [0.15, 0.2) is 93.7 Å². The first-order chi connectivity index (χ1) is 21.9. The molecule has 7 heteroatoms. The van der Waals surface area contributed by atoms with Gasteiger partial charge >= 0.3 is 0 Å². The highest BCUT2D eigenvalue weighted by molar-refractivity contribution is 9.10. The number of rotatable bonds is 8. The number of ketones is 2. The molecule has 0 fully saturated rings. The van der Waals surface area contributed by atoms with Crippen LogP contribution < -0.4 is 9.47 Å². The van der Waals surface area contributed by atoms with E-state index in [9.17, 15) is 14.0 Å². The maximum atomic E-state index is 14.4. The SMILES string of the molecule is CCOc1cc(C2C3=C(CC(C)(C)CC3=O)N(Cc3ccccc3)C3=C2C(=O)CC(C)(C)C3)cc(Br)c1OCc1ccccc1F. The lowest BCUT2D eigenvalue weighted by Gasteiger charge is -2.49. The van der Waals surface area contributed by atoms with Gasteiger partial charge in [-0.3, -0.25) is 9.59 Å². The van der Waals surface area contributed by atoms with E-state index in [4.69, 9.17) is 9.47 Å². The second-order valence-corrected chi connectivity index (χ2v) is 15.1. The molecule has 3 aromatic carbocycles. The Balaban J connectivity index is 1.52. The third kappa shape index (κ3) is 6.31. The molecule has 0 unspecified atom stereocenters. The van der Waals surface area contributed by atoms with Gasteiger partial charge in [-0.05, 0) is 75.9 Å². The summed E-state index contributed by atoms with van der Waals surface area (Å²) in [4.78, 5) is 30.8. The summed E-state index contributed by atoms with van der Waals surface area (Å²) in [6.07, 6.45) is 2.28. The molecule has 3 aromatic rings. The Hall–Kier alpha value is -3.71. The average molecular weight is 687 g/mol. The largest absolute Gasteiger partial charge is 0.490 e. The summed E-state index contributed by atoms with van der Waals surface area (Å²) < 4.78 is 27.3. The molecule has 0 saturated heterocycles. The molecule has 0 atom stereocenters. The molecule has 0 aromatic heterocycles. The summed E-state index contributed by atoms with van der Waals surface area (Å²) in [6, 6.07) is 20.6. The Kier molecular flexibility index (Phi) is 8.75. The van der Waals surface area contributed by atoms with Gasteiger partial charge in [0.05, 0.1) is 11.1 Å². The minimum Gasteiger partial charge on any atom is -0.490 e. The quantitative estimate of drug-likeness (QED) is 0.236. The molecule has 0 bridgehead atoms. The van der Waals surface area contributed by atoms with Crippen LogP contribution in [-0.4, -0.2) is 23.1 Å². The number of halogens is 2. The Morgan fingerprint density at radius 2 is 1.41 bits per heavy atom. The van der Waals surface area contributed by atoms with Gasteiger partial charge < -0.3 is 14.4 Å². The first-order valence-corrected chi connectivity index (χ1v) is 16.8. The van der Waals surface area contributed by atoms with Crippen molar-refractivity contribution < 1.29 is 23.5 Å². The molecule has 1 heterocycles. The van der Waals surface area contributed by atoms with Crippen LogP contribution >= 0.6 is 15.9 Å². The topological polar surface area (TPSA) is 55.8 Å². The number of hydrogen-bond donors (Lipinski definition) is 0. The minimum atomic E-state index is -0.527. The number of benzene rings is 3. The molecule has 2 aliphatic carbocycles. The third-order valence-corrected chi connectivity index (χ3v) is 9.79. The summed E-state index contributed by atoms with van der Waals surface area (Å²) in [5.41, 5.74) is 5.35. The van der Waals surface area contributed by atoms with E-state index >= 15 is 0 Å². The molecular formula is C39H41BrFNO4. The van der Waals surface area contributed by atoms with Crippen molar-refractivity contribution in [1.82, 2.24) is 4.90 Å². The fraction of sp³-hybridized carbons (Fsp3) is 0.385. The van der Waals surface area contributed by atoms with Gasteiger partial charge in [0.2, 0.25) is 0 Å². The predicted octanol–water partition coefficient (Wildman–Crippen LogP) is 9.45. The van der Waals surface area contributed by atoms with Crippen molar-refractivity contribution >= 4 is 27.5 Å². The normalized spacial score (nSPS) is 19.2. The number of nitrogens with zero attached hydrogens (tertiary/aromatic N) is 1. The highest BCUT2D eigenvalue weighted by Crippen LogP contribution is 2.56. The van der Waals surface area contributed by atoms with Gasteiger partial charge in [-0.1, -0.05) is 76.2 Å². The van der Waals surface area contributed by atoms with Gasteiger partial charge in [0.15, 0.2) is 23.1 Å². The fourth-order valence-electron chi connectivity index (χ4n) is 7.26. The van der Waals surface area contributed by atoms with Crippen LogP contribution in [-0.2, 0) is 22.7 Å². The van der Waals surface area contributed by atoms with E-state index in [0.717, 1.165) is 35.4 Å². The van der Waals surface area contributed by atoms with E-state index in [2.05, 4.69) is 60.7 Å². The molecule has 3 aliphatic rings. The average Bonchev–Trinajstić information content (AvgIpc) is 2.97. The summed E-state index contributed by atoms with van der Waals surface area (Å²) >= 11 is 3.71. The Morgan fingerprint density at radius 3 is 2.00 bits per heavy atom. The second-order valence-electron chi connectivity index (χ2n) is 14.3. The third-order valence-electron chi connectivity index (χ3n) is 9.20. The monoisotopic (exact) mass is 685 g/mol. The van der Waals surface area contributed by atoms with E-state index in [1.807, 2.05) is 37.3 Å². The van der Waals surface area contributed by atoms with Crippen molar-refractivity contribution in [3.05, 3.63) is 116 Å². The molecule has 0 N–H and O–H groups in total. The number of ether oxygens (including phenoxy) is 2. The van der Waals surface area contributed by atoms with Crippen molar-refractivity contribution in [2.45, 2.75) is 79.4 Å². The van der Waals surface area contributed by atoms with Crippen LogP contribution in [0.2, 0.25) is 0 Å². The van der Waals surface area contributed by atoms with E-state index in [1.165, 1.54) is 6.07 Å². The molecule has 0 saturated carbocycles. The van der Waals surface area contributed by atoms with Crippen molar-refractivity contribution in [2.75, 3.05) is 6.61 Å². The molecule has 46 heavy (non-hydrogen) atoms. The van der Waals surface area contributed by atoms with Crippen molar-refractivity contribution in [3.8, 4) is 11.5 Å². The molecule has 6 rings (SSSR count). The molecule has 0 radical (unpaired) electrons. The lowest BCUT2D eigenvalue weighted by Crippen LogP contribution is -2.44. The molecule has 240 valence electrons. The van der Waals surface area contributed by atoms with E-state index in [1.54, 1.807) is 18.2 Å². The Morgan fingerprint density at radius 1 is 0.826 bits per heavy atom. The van der Waals surface area contributed by atoms with Crippen LogP contribution in [0.1, 0.15) is 82.9 Å². The first kappa shape index (κ1) is 32.2. The van der Waals surface area contributed by atoms with Gasteiger partial charge in [-0.2, -0.15) is 0 Å². The zero-order valence-corrected chi connectivity index (χ0v) is 28.8. The molecule has 5 nitrogen and oxygen atoms in total. The zero-order chi connectivity index (χ0) is 32.8. The first-order valence-electron chi connectivity index (χ1n) is 16.0. The number of hydrogen-bond acceptors (Lipinski definition) is 5. The van der Waals surface area contributed by atoms with Crippen molar-refractivity contribution in [3.63, 3.8) is 0 Å². The summed E-state index contributed by atoms with van der Waals surface area (Å²) in [5.74, 6) is 0.213. The van der Waals surface area contributed by atoms with E-state index in [-0.39, 0.29) is 34.8 Å². The van der Waals surface area contributed by atoms with Gasteiger partial charge in [-0.25, -0.2) is 4.39 Å². The Labute approximate surface area is 279 Å². The fourth-order valence-corrected chi connectivity index (χ4v) is 7.84. The number of carbonyl (C=O) groups is 2. The number of Topliss-reactive ketones (excluding diaryl/α,β-unsaturated/α-hetero) is 2. The summed E-state index contributed by atoms with van der Waals surface area (Å²) in [6.45, 7) is 11.5. The lowest BCUT2D eigenvalue weighted by molar-refractivity contribution is -0.119. The van der Waals surface area contributed by atoms with Crippen molar-refractivity contribution in [2.24, 2.45) is 10.8 Å². The summed E-state index contributed by atoms with van der Waals surface area (Å²) in [5, 5.41) is 0. The molecular weight excluding hydrogens is 645 g/mol. The Bertz CT molecular complexity index is 1700. The highest BCUT2D eigenvalue weighted by Gasteiger charge is 2.49. The highest BCUT2D eigenvalue weighted by atomic mass is 79.9. The van der Waals surface area contributed by atoms with Gasteiger partial charge in [0.1, 0.15) is 12.4 Å².